The molecule has 1 saturated heterocycles. The van der Waals surface area contributed by atoms with Gasteiger partial charge in [-0.15, -0.1) is 24.0 Å². The number of nitrogens with two attached hydrogens (primary N) is 1. The fraction of sp³-hybridized carbons (Fsp3) is 0.882. The molecule has 7 heteroatoms. The Labute approximate surface area is 164 Å². The SMILES string of the molecule is CCNC(=NCCCC(C)(C)C)NC1CCN(CC(N)=O)CC1.I. The van der Waals surface area contributed by atoms with Gasteiger partial charge in [0.1, 0.15) is 0 Å². The lowest BCUT2D eigenvalue weighted by Gasteiger charge is -2.32. The average molecular weight is 453 g/mol. The Kier molecular flexibility index (Phi) is 11.6. The van der Waals surface area contributed by atoms with Crippen molar-refractivity contribution in [2.45, 2.75) is 59.4 Å². The highest BCUT2D eigenvalue weighted by molar-refractivity contribution is 14.0. The van der Waals surface area contributed by atoms with Crippen molar-refractivity contribution >= 4 is 35.8 Å². The summed E-state index contributed by atoms with van der Waals surface area (Å²) in [6.45, 7) is 12.8. The molecule has 0 aromatic heterocycles. The van der Waals surface area contributed by atoms with Gasteiger partial charge in [-0.2, -0.15) is 0 Å². The molecule has 0 atom stereocenters. The van der Waals surface area contributed by atoms with Gasteiger partial charge in [0.25, 0.3) is 0 Å². The molecule has 0 spiro atoms. The molecule has 0 saturated carbocycles. The van der Waals surface area contributed by atoms with Gasteiger partial charge in [0, 0.05) is 32.2 Å². The zero-order valence-electron chi connectivity index (χ0n) is 15.7. The molecule has 1 heterocycles. The third-order valence-electron chi connectivity index (χ3n) is 4.01. The zero-order valence-corrected chi connectivity index (χ0v) is 18.1. The van der Waals surface area contributed by atoms with Gasteiger partial charge in [-0.25, -0.2) is 0 Å². The molecular weight excluding hydrogens is 417 g/mol. The van der Waals surface area contributed by atoms with Gasteiger partial charge in [0.05, 0.1) is 6.54 Å². The summed E-state index contributed by atoms with van der Waals surface area (Å²) in [4.78, 5) is 17.8. The molecule has 1 fully saturated rings. The van der Waals surface area contributed by atoms with Crippen molar-refractivity contribution in [2.75, 3.05) is 32.7 Å². The lowest BCUT2D eigenvalue weighted by molar-refractivity contribution is -0.119. The summed E-state index contributed by atoms with van der Waals surface area (Å²) in [5.74, 6) is 0.667. The number of carbonyl (C=O) groups excluding carboxylic acids is 1. The number of guanidine groups is 1. The Hall–Kier alpha value is -0.570. The molecule has 24 heavy (non-hydrogen) atoms. The van der Waals surface area contributed by atoms with Crippen LogP contribution in [-0.2, 0) is 4.79 Å². The third-order valence-corrected chi connectivity index (χ3v) is 4.01. The molecule has 6 nitrogen and oxygen atoms in total. The molecule has 0 bridgehead atoms. The number of aliphatic imine (C=N–C) groups is 1. The van der Waals surface area contributed by atoms with Gasteiger partial charge in [-0.3, -0.25) is 14.7 Å². The second kappa shape index (κ2) is 11.9. The van der Waals surface area contributed by atoms with E-state index in [1.54, 1.807) is 0 Å². The minimum absolute atomic E-state index is 0. The number of hydrogen-bond acceptors (Lipinski definition) is 3. The van der Waals surface area contributed by atoms with Gasteiger partial charge < -0.3 is 16.4 Å². The van der Waals surface area contributed by atoms with Gasteiger partial charge in [-0.05, 0) is 38.0 Å². The lowest BCUT2D eigenvalue weighted by Crippen LogP contribution is -2.49. The monoisotopic (exact) mass is 453 g/mol. The number of hydrogen-bond donors (Lipinski definition) is 3. The van der Waals surface area contributed by atoms with E-state index >= 15 is 0 Å². The van der Waals surface area contributed by atoms with E-state index in [0.29, 0.717) is 18.0 Å². The highest BCUT2D eigenvalue weighted by Gasteiger charge is 2.20. The van der Waals surface area contributed by atoms with E-state index in [9.17, 15) is 4.79 Å². The number of rotatable bonds is 7. The summed E-state index contributed by atoms with van der Waals surface area (Å²) >= 11 is 0. The molecule has 142 valence electrons. The first kappa shape index (κ1) is 23.4. The number of nitrogens with zero attached hydrogens (tertiary/aromatic N) is 2. The molecule has 0 aromatic rings. The third kappa shape index (κ3) is 11.1. The highest BCUT2D eigenvalue weighted by atomic mass is 127. The van der Waals surface area contributed by atoms with Crippen LogP contribution in [-0.4, -0.2) is 55.5 Å². The molecular formula is C17H36IN5O. The first-order valence-corrected chi connectivity index (χ1v) is 8.85. The number of piperidine rings is 1. The van der Waals surface area contributed by atoms with Crippen molar-refractivity contribution in [3.63, 3.8) is 0 Å². The second-order valence-corrected chi connectivity index (χ2v) is 7.59. The number of likely N-dealkylation sites (tertiary alicyclic amines) is 1. The van der Waals surface area contributed by atoms with Crippen molar-refractivity contribution in [1.82, 2.24) is 15.5 Å². The fourth-order valence-electron chi connectivity index (χ4n) is 2.77. The highest BCUT2D eigenvalue weighted by Crippen LogP contribution is 2.20. The van der Waals surface area contributed by atoms with Crippen LogP contribution in [0.25, 0.3) is 0 Å². The summed E-state index contributed by atoms with van der Waals surface area (Å²) in [5.41, 5.74) is 5.62. The molecule has 1 aliphatic heterocycles. The fourth-order valence-corrected chi connectivity index (χ4v) is 2.77. The van der Waals surface area contributed by atoms with Crippen LogP contribution in [0.15, 0.2) is 4.99 Å². The minimum Gasteiger partial charge on any atom is -0.369 e. The molecule has 0 unspecified atom stereocenters. The maximum Gasteiger partial charge on any atom is 0.231 e. The Bertz CT molecular complexity index is 387. The number of halogens is 1. The van der Waals surface area contributed by atoms with Crippen LogP contribution < -0.4 is 16.4 Å². The summed E-state index contributed by atoms with van der Waals surface area (Å²) in [6, 6.07) is 0.416. The number of carbonyl (C=O) groups is 1. The van der Waals surface area contributed by atoms with E-state index in [2.05, 4.69) is 48.2 Å². The van der Waals surface area contributed by atoms with Crippen LogP contribution in [0.1, 0.15) is 53.4 Å². The lowest BCUT2D eigenvalue weighted by atomic mass is 9.91. The van der Waals surface area contributed by atoms with Gasteiger partial charge in [-0.1, -0.05) is 20.8 Å². The number of nitrogens with one attached hydrogen (secondary N) is 2. The van der Waals surface area contributed by atoms with Crippen LogP contribution in [0.4, 0.5) is 0 Å². The summed E-state index contributed by atoms with van der Waals surface area (Å²) < 4.78 is 0. The Morgan fingerprint density at radius 3 is 2.42 bits per heavy atom. The van der Waals surface area contributed by atoms with E-state index in [-0.39, 0.29) is 29.9 Å². The van der Waals surface area contributed by atoms with E-state index in [0.717, 1.165) is 51.4 Å². The number of primary amides is 1. The minimum atomic E-state index is -0.245. The molecule has 1 rings (SSSR count). The van der Waals surface area contributed by atoms with Gasteiger partial charge in [0.2, 0.25) is 5.91 Å². The quantitative estimate of drug-likeness (QED) is 0.238. The predicted molar refractivity (Wildman–Crippen MR) is 112 cm³/mol. The maximum atomic E-state index is 11.0. The Morgan fingerprint density at radius 2 is 1.92 bits per heavy atom. The molecule has 0 aliphatic carbocycles. The normalized spacial score (nSPS) is 17.2. The van der Waals surface area contributed by atoms with Crippen molar-refractivity contribution in [3.05, 3.63) is 0 Å². The summed E-state index contributed by atoms with van der Waals surface area (Å²) in [6.07, 6.45) is 4.32. The van der Waals surface area contributed by atoms with E-state index < -0.39 is 0 Å². The molecule has 4 N–H and O–H groups in total. The smallest absolute Gasteiger partial charge is 0.231 e. The van der Waals surface area contributed by atoms with E-state index in [4.69, 9.17) is 5.73 Å². The first-order chi connectivity index (χ1) is 10.8. The van der Waals surface area contributed by atoms with Crippen molar-refractivity contribution in [1.29, 1.82) is 0 Å². The molecule has 0 radical (unpaired) electrons. The van der Waals surface area contributed by atoms with Crippen LogP contribution in [0, 0.1) is 5.41 Å². The second-order valence-electron chi connectivity index (χ2n) is 7.59. The molecule has 1 aliphatic rings. The average Bonchev–Trinajstić information content (AvgIpc) is 2.44. The summed E-state index contributed by atoms with van der Waals surface area (Å²) in [7, 11) is 0. The summed E-state index contributed by atoms with van der Waals surface area (Å²) in [5, 5.41) is 6.85. The number of amides is 1. The van der Waals surface area contributed by atoms with Crippen molar-refractivity contribution in [3.8, 4) is 0 Å². The van der Waals surface area contributed by atoms with Crippen LogP contribution in [0.3, 0.4) is 0 Å². The Morgan fingerprint density at radius 1 is 1.29 bits per heavy atom. The van der Waals surface area contributed by atoms with Crippen LogP contribution in [0.2, 0.25) is 0 Å². The van der Waals surface area contributed by atoms with E-state index in [1.165, 1.54) is 6.42 Å². The molecule has 1 amide bonds. The van der Waals surface area contributed by atoms with Crippen molar-refractivity contribution < 1.29 is 4.79 Å². The van der Waals surface area contributed by atoms with Crippen LogP contribution in [0.5, 0.6) is 0 Å². The van der Waals surface area contributed by atoms with Gasteiger partial charge >= 0.3 is 0 Å². The Balaban J connectivity index is 0.00000529. The maximum absolute atomic E-state index is 11.0. The van der Waals surface area contributed by atoms with Crippen molar-refractivity contribution in [2.24, 2.45) is 16.1 Å². The largest absolute Gasteiger partial charge is 0.369 e. The van der Waals surface area contributed by atoms with E-state index in [1.807, 2.05) is 0 Å². The first-order valence-electron chi connectivity index (χ1n) is 8.85. The standard InChI is InChI=1S/C17H35N5O.HI/c1-5-19-16(20-10-6-9-17(2,3)4)21-14-7-11-22(12-8-14)13-15(18)23;/h14H,5-13H2,1-4H3,(H2,18,23)(H2,19,20,21);1H. The predicted octanol–water partition coefficient (Wildman–Crippen LogP) is 1.94. The zero-order chi connectivity index (χ0) is 17.3. The topological polar surface area (TPSA) is 82.8 Å². The van der Waals surface area contributed by atoms with Crippen LogP contribution >= 0.6 is 24.0 Å². The molecule has 0 aromatic carbocycles. The van der Waals surface area contributed by atoms with Gasteiger partial charge in [0.15, 0.2) is 5.96 Å².